The zero-order valence-corrected chi connectivity index (χ0v) is 11.2. The Bertz CT molecular complexity index is 788. The number of anilines is 1. The molecule has 0 radical (unpaired) electrons. The van der Waals surface area contributed by atoms with Crippen molar-refractivity contribution in [3.63, 3.8) is 0 Å². The summed E-state index contributed by atoms with van der Waals surface area (Å²) >= 11 is 1.54. The first-order valence-electron chi connectivity index (χ1n) is 5.91. The van der Waals surface area contributed by atoms with Crippen molar-refractivity contribution in [3.05, 3.63) is 53.8 Å². The molecule has 0 bridgehead atoms. The topological polar surface area (TPSA) is 66.6 Å². The van der Waals surface area contributed by atoms with Crippen molar-refractivity contribution in [3.8, 4) is 5.75 Å². The third-order valence-electron chi connectivity index (χ3n) is 2.69. The fraction of sp³-hybridized carbons (Fsp3) is 0. The Kier molecular flexibility index (Phi) is 3.22. The predicted molar refractivity (Wildman–Crippen MR) is 78.8 cm³/mol. The average Bonchev–Trinajstić information content (AvgIpc) is 2.99. The number of amides is 1. The smallest absolute Gasteiger partial charge is 0.248 e. The highest BCUT2D eigenvalue weighted by Gasteiger charge is 2.02. The van der Waals surface area contributed by atoms with Gasteiger partial charge in [0.25, 0.3) is 0 Å². The highest BCUT2D eigenvalue weighted by molar-refractivity contribution is 7.15. The molecule has 0 atom stereocenters. The van der Waals surface area contributed by atoms with Gasteiger partial charge in [-0.3, -0.25) is 9.20 Å². The molecule has 0 spiro atoms. The van der Waals surface area contributed by atoms with Gasteiger partial charge in [-0.05, 0) is 18.2 Å². The first-order valence-corrected chi connectivity index (χ1v) is 6.79. The fourth-order valence-electron chi connectivity index (χ4n) is 1.80. The molecule has 1 aromatic carbocycles. The Labute approximate surface area is 118 Å². The van der Waals surface area contributed by atoms with Crippen molar-refractivity contribution in [1.29, 1.82) is 0 Å². The molecule has 0 unspecified atom stereocenters. The molecular formula is C14H11N3O2S. The molecule has 20 heavy (non-hydrogen) atoms. The molecule has 0 fully saturated rings. The molecule has 5 nitrogen and oxygen atoms in total. The van der Waals surface area contributed by atoms with Crippen molar-refractivity contribution >= 4 is 34.0 Å². The molecule has 2 N–H and O–H groups in total. The lowest BCUT2D eigenvalue weighted by molar-refractivity contribution is -0.111. The zero-order chi connectivity index (χ0) is 13.9. The van der Waals surface area contributed by atoms with Crippen LogP contribution < -0.4 is 5.32 Å². The van der Waals surface area contributed by atoms with E-state index in [1.54, 1.807) is 30.5 Å². The fourth-order valence-corrected chi connectivity index (χ4v) is 2.50. The van der Waals surface area contributed by atoms with Gasteiger partial charge in [-0.15, -0.1) is 11.3 Å². The summed E-state index contributed by atoms with van der Waals surface area (Å²) in [5.41, 5.74) is 1.39. The lowest BCUT2D eigenvalue weighted by atomic mass is 10.3. The summed E-state index contributed by atoms with van der Waals surface area (Å²) in [5, 5.41) is 13.9. The minimum atomic E-state index is -0.263. The summed E-state index contributed by atoms with van der Waals surface area (Å²) < 4.78 is 1.91. The first kappa shape index (κ1) is 12.4. The zero-order valence-electron chi connectivity index (χ0n) is 10.4. The standard InChI is InChI=1S/C14H11N3O2S/c18-12-3-1-2-10(8-12)16-13(19)5-4-11-9-15-14-17(11)6-7-20-14/h1-9,18H,(H,16,19)/b5-4+. The summed E-state index contributed by atoms with van der Waals surface area (Å²) in [6.07, 6.45) is 6.75. The number of carbonyl (C=O) groups is 1. The minimum absolute atomic E-state index is 0.113. The molecule has 0 saturated heterocycles. The lowest BCUT2D eigenvalue weighted by Gasteiger charge is -2.01. The van der Waals surface area contributed by atoms with Crippen molar-refractivity contribution in [2.24, 2.45) is 0 Å². The van der Waals surface area contributed by atoms with E-state index in [2.05, 4.69) is 10.3 Å². The number of nitrogens with one attached hydrogen (secondary N) is 1. The van der Waals surface area contributed by atoms with Gasteiger partial charge in [0, 0.05) is 29.4 Å². The summed E-state index contributed by atoms with van der Waals surface area (Å²) in [5.74, 6) is -0.150. The monoisotopic (exact) mass is 285 g/mol. The number of nitrogens with zero attached hydrogens (tertiary/aromatic N) is 2. The van der Waals surface area contributed by atoms with Gasteiger partial charge in [0.1, 0.15) is 5.75 Å². The van der Waals surface area contributed by atoms with Crippen LogP contribution in [-0.2, 0) is 4.79 Å². The number of phenolic OH excluding ortho intramolecular Hbond substituents is 1. The largest absolute Gasteiger partial charge is 0.508 e. The Morgan fingerprint density at radius 1 is 1.45 bits per heavy atom. The first-order chi connectivity index (χ1) is 9.72. The number of imidazole rings is 1. The van der Waals surface area contributed by atoms with Crippen LogP contribution in [-0.4, -0.2) is 20.4 Å². The number of aromatic nitrogens is 2. The van der Waals surface area contributed by atoms with Crippen molar-refractivity contribution in [1.82, 2.24) is 9.38 Å². The quantitative estimate of drug-likeness (QED) is 0.727. The van der Waals surface area contributed by atoms with Crippen LogP contribution in [0.5, 0.6) is 5.75 Å². The van der Waals surface area contributed by atoms with Gasteiger partial charge >= 0.3 is 0 Å². The van der Waals surface area contributed by atoms with Gasteiger partial charge in [-0.2, -0.15) is 0 Å². The van der Waals surface area contributed by atoms with Gasteiger partial charge < -0.3 is 10.4 Å². The predicted octanol–water partition coefficient (Wildman–Crippen LogP) is 2.75. The Morgan fingerprint density at radius 2 is 2.35 bits per heavy atom. The SMILES string of the molecule is O=C(/C=C/c1cnc2sccn12)Nc1cccc(O)c1. The highest BCUT2D eigenvalue weighted by atomic mass is 32.1. The maximum absolute atomic E-state index is 11.8. The Balaban J connectivity index is 1.73. The number of rotatable bonds is 3. The van der Waals surface area contributed by atoms with Crippen LogP contribution in [0, 0.1) is 0 Å². The lowest BCUT2D eigenvalue weighted by Crippen LogP contribution is -2.07. The molecule has 2 aromatic heterocycles. The van der Waals surface area contributed by atoms with Gasteiger partial charge in [-0.25, -0.2) is 4.98 Å². The summed E-state index contributed by atoms with van der Waals surface area (Å²) in [4.78, 5) is 16.9. The third-order valence-corrected chi connectivity index (χ3v) is 3.46. The molecule has 0 aliphatic heterocycles. The summed E-state index contributed by atoms with van der Waals surface area (Å²) in [7, 11) is 0. The molecule has 3 rings (SSSR count). The molecule has 1 amide bonds. The van der Waals surface area contributed by atoms with Gasteiger partial charge in [0.05, 0.1) is 11.9 Å². The van der Waals surface area contributed by atoms with Crippen molar-refractivity contribution in [2.75, 3.05) is 5.32 Å². The van der Waals surface area contributed by atoms with Gasteiger partial charge in [0.2, 0.25) is 5.91 Å². The Hall–Kier alpha value is -2.60. The second-order valence-corrected chi connectivity index (χ2v) is 4.98. The number of fused-ring (bicyclic) bond motifs is 1. The Morgan fingerprint density at radius 3 is 3.20 bits per heavy atom. The van der Waals surface area contributed by atoms with Gasteiger partial charge in [0.15, 0.2) is 4.96 Å². The minimum Gasteiger partial charge on any atom is -0.508 e. The number of phenols is 1. The normalized spacial score (nSPS) is 11.2. The molecule has 6 heteroatoms. The second kappa shape index (κ2) is 5.18. The number of hydrogen-bond acceptors (Lipinski definition) is 4. The second-order valence-electron chi connectivity index (χ2n) is 4.11. The number of hydrogen-bond donors (Lipinski definition) is 2. The molecule has 0 saturated carbocycles. The summed E-state index contributed by atoms with van der Waals surface area (Å²) in [6, 6.07) is 6.41. The molecule has 0 aliphatic rings. The van der Waals surface area contributed by atoms with Crippen LogP contribution >= 0.6 is 11.3 Å². The maximum Gasteiger partial charge on any atom is 0.248 e. The van der Waals surface area contributed by atoms with E-state index in [1.165, 1.54) is 23.5 Å². The van der Waals surface area contributed by atoms with Crippen LogP contribution in [0.25, 0.3) is 11.0 Å². The van der Waals surface area contributed by atoms with E-state index in [9.17, 15) is 9.90 Å². The average molecular weight is 285 g/mol. The number of carbonyl (C=O) groups excluding carboxylic acids is 1. The van der Waals surface area contributed by atoms with E-state index in [0.717, 1.165) is 10.7 Å². The van der Waals surface area contributed by atoms with Crippen LogP contribution in [0.1, 0.15) is 5.69 Å². The number of aromatic hydroxyl groups is 1. The van der Waals surface area contributed by atoms with Crippen LogP contribution in [0.15, 0.2) is 48.1 Å². The molecule has 2 heterocycles. The van der Waals surface area contributed by atoms with Crippen LogP contribution in [0.4, 0.5) is 5.69 Å². The highest BCUT2D eigenvalue weighted by Crippen LogP contribution is 2.16. The van der Waals surface area contributed by atoms with E-state index in [1.807, 2.05) is 16.0 Å². The number of benzene rings is 1. The maximum atomic E-state index is 11.8. The number of thiazole rings is 1. The van der Waals surface area contributed by atoms with E-state index >= 15 is 0 Å². The molecule has 3 aromatic rings. The van der Waals surface area contributed by atoms with E-state index in [-0.39, 0.29) is 11.7 Å². The van der Waals surface area contributed by atoms with Crippen LogP contribution in [0.3, 0.4) is 0 Å². The van der Waals surface area contributed by atoms with Crippen molar-refractivity contribution < 1.29 is 9.90 Å². The molecular weight excluding hydrogens is 274 g/mol. The molecule has 100 valence electrons. The van der Waals surface area contributed by atoms with Gasteiger partial charge in [-0.1, -0.05) is 6.07 Å². The van der Waals surface area contributed by atoms with E-state index in [4.69, 9.17) is 0 Å². The molecule has 0 aliphatic carbocycles. The van der Waals surface area contributed by atoms with Crippen molar-refractivity contribution in [2.45, 2.75) is 0 Å². The van der Waals surface area contributed by atoms with E-state index < -0.39 is 0 Å². The van der Waals surface area contributed by atoms with Crippen LogP contribution in [0.2, 0.25) is 0 Å². The van der Waals surface area contributed by atoms with E-state index in [0.29, 0.717) is 5.69 Å². The third kappa shape index (κ3) is 2.55. The summed E-state index contributed by atoms with van der Waals surface area (Å²) in [6.45, 7) is 0.